The maximum atomic E-state index is 12.2. The number of halogens is 1. The molecule has 1 aromatic rings. The summed E-state index contributed by atoms with van der Waals surface area (Å²) in [6.45, 7) is 6.57. The van der Waals surface area contributed by atoms with E-state index in [0.717, 1.165) is 23.0 Å². The van der Waals surface area contributed by atoms with Crippen LogP contribution in [0.25, 0.3) is 0 Å². The molecule has 1 saturated carbocycles. The lowest BCUT2D eigenvalue weighted by Crippen LogP contribution is -2.61. The van der Waals surface area contributed by atoms with Gasteiger partial charge in [-0.05, 0) is 74.5 Å². The molecule has 3 rings (SSSR count). The third kappa shape index (κ3) is 4.66. The van der Waals surface area contributed by atoms with E-state index in [1.54, 1.807) is 11.1 Å². The third-order valence-corrected chi connectivity index (χ3v) is 5.96. The van der Waals surface area contributed by atoms with Gasteiger partial charge in [-0.3, -0.25) is 4.98 Å². The second kappa shape index (κ2) is 7.63. The lowest BCUT2D eigenvalue weighted by molar-refractivity contribution is -0.161. The van der Waals surface area contributed by atoms with Gasteiger partial charge in [-0.15, -0.1) is 0 Å². The van der Waals surface area contributed by atoms with E-state index < -0.39 is 17.2 Å². The fourth-order valence-electron chi connectivity index (χ4n) is 4.04. The first-order valence-electron chi connectivity index (χ1n) is 9.48. The number of aromatic nitrogens is 1. The summed E-state index contributed by atoms with van der Waals surface area (Å²) in [4.78, 5) is 29.5. The molecule has 0 atom stereocenters. The molecular formula is C20H27BrN2O5. The van der Waals surface area contributed by atoms with Crippen LogP contribution in [0.1, 0.15) is 52.1 Å². The molecule has 0 unspecified atom stereocenters. The normalized spacial score (nSPS) is 20.5. The summed E-state index contributed by atoms with van der Waals surface area (Å²) in [7, 11) is 0. The first kappa shape index (κ1) is 21.0. The zero-order chi connectivity index (χ0) is 20.6. The van der Waals surface area contributed by atoms with Crippen LogP contribution in [0.5, 0.6) is 0 Å². The van der Waals surface area contributed by atoms with Crippen molar-refractivity contribution in [2.24, 2.45) is 5.41 Å². The van der Waals surface area contributed by atoms with Gasteiger partial charge in [0, 0.05) is 29.2 Å². The van der Waals surface area contributed by atoms with Gasteiger partial charge in [0.1, 0.15) is 17.8 Å². The lowest BCUT2D eigenvalue weighted by atomic mass is 9.63. The Labute approximate surface area is 173 Å². The molecule has 154 valence electrons. The predicted octanol–water partition coefficient (Wildman–Crippen LogP) is 3.95. The van der Waals surface area contributed by atoms with E-state index in [4.69, 9.17) is 14.6 Å². The van der Waals surface area contributed by atoms with Gasteiger partial charge in [-0.2, -0.15) is 0 Å². The number of carbonyl (C=O) groups is 2. The van der Waals surface area contributed by atoms with Gasteiger partial charge < -0.3 is 19.5 Å². The minimum atomic E-state index is -0.989. The first-order valence-corrected chi connectivity index (χ1v) is 10.3. The predicted molar refractivity (Wildman–Crippen MR) is 106 cm³/mol. The molecule has 1 spiro atoms. The van der Waals surface area contributed by atoms with Crippen molar-refractivity contribution in [2.45, 2.75) is 57.7 Å². The molecular weight excluding hydrogens is 428 g/mol. The van der Waals surface area contributed by atoms with Gasteiger partial charge in [-0.25, -0.2) is 9.59 Å². The minimum Gasteiger partial charge on any atom is -0.480 e. The number of carboxylic acid groups (broad SMARTS) is 1. The molecule has 2 aliphatic rings. The van der Waals surface area contributed by atoms with E-state index in [-0.39, 0.29) is 18.1 Å². The van der Waals surface area contributed by atoms with Crippen molar-refractivity contribution < 1.29 is 24.2 Å². The van der Waals surface area contributed by atoms with Crippen LogP contribution in [-0.4, -0.2) is 52.4 Å². The number of nitrogens with zero attached hydrogens (tertiary/aromatic N) is 2. The number of carboxylic acids is 1. The van der Waals surface area contributed by atoms with Crippen molar-refractivity contribution in [3.05, 3.63) is 28.5 Å². The summed E-state index contributed by atoms with van der Waals surface area (Å²) >= 11 is 3.38. The summed E-state index contributed by atoms with van der Waals surface area (Å²) in [6.07, 6.45) is 4.49. The number of aliphatic carboxylic acids is 1. The molecule has 28 heavy (non-hydrogen) atoms. The number of carbonyl (C=O) groups excluding carboxylic acids is 1. The summed E-state index contributed by atoms with van der Waals surface area (Å²) in [6, 6.07) is 3.78. The Hall–Kier alpha value is -1.67. The number of likely N-dealkylation sites (tertiary alicyclic amines) is 1. The van der Waals surface area contributed by atoms with Crippen LogP contribution in [0.2, 0.25) is 0 Å². The van der Waals surface area contributed by atoms with Gasteiger partial charge in [0.2, 0.25) is 0 Å². The highest BCUT2D eigenvalue weighted by molar-refractivity contribution is 9.10. The highest BCUT2D eigenvalue weighted by atomic mass is 79.9. The zero-order valence-corrected chi connectivity index (χ0v) is 18.1. The number of rotatable bonds is 4. The minimum absolute atomic E-state index is 0.0579. The van der Waals surface area contributed by atoms with Crippen molar-refractivity contribution >= 4 is 28.0 Å². The zero-order valence-electron chi connectivity index (χ0n) is 16.5. The van der Waals surface area contributed by atoms with Crippen molar-refractivity contribution in [1.82, 2.24) is 9.88 Å². The average molecular weight is 455 g/mol. The smallest absolute Gasteiger partial charge is 0.410 e. The molecule has 1 aliphatic heterocycles. The number of pyridine rings is 1. The quantitative estimate of drug-likeness (QED) is 0.740. The Morgan fingerprint density at radius 3 is 2.36 bits per heavy atom. The monoisotopic (exact) mass is 454 g/mol. The summed E-state index contributed by atoms with van der Waals surface area (Å²) in [5.41, 5.74) is -0.381. The van der Waals surface area contributed by atoms with Crippen LogP contribution in [0.3, 0.4) is 0 Å². The van der Waals surface area contributed by atoms with Crippen LogP contribution in [-0.2, 0) is 19.9 Å². The SMILES string of the molecule is CC(C)(C)OC(=O)N1CC2(CCC(OCC(=O)O)(c3ccc(Br)cn3)CC2)C1. The Morgan fingerprint density at radius 2 is 1.86 bits per heavy atom. The van der Waals surface area contributed by atoms with E-state index >= 15 is 0 Å². The Kier molecular flexibility index (Phi) is 5.74. The maximum absolute atomic E-state index is 12.2. The Balaban J connectivity index is 1.66. The standard InChI is InChI=1S/C20H27BrN2O5/c1-18(2,3)28-17(26)23-12-19(13-23)6-8-20(9-7-19,27-11-16(24)25)15-5-4-14(21)10-22-15/h4-5,10H,6-9,11-13H2,1-3H3,(H,24,25). The van der Waals surface area contributed by atoms with Crippen molar-refractivity contribution in [3.63, 3.8) is 0 Å². The van der Waals surface area contributed by atoms with Gasteiger partial charge in [0.15, 0.2) is 0 Å². The average Bonchev–Trinajstić information content (AvgIpc) is 2.57. The van der Waals surface area contributed by atoms with E-state index in [9.17, 15) is 9.59 Å². The number of amides is 1. The molecule has 1 amide bonds. The van der Waals surface area contributed by atoms with Crippen LogP contribution in [0, 0.1) is 5.41 Å². The number of ether oxygens (including phenoxy) is 2. The lowest BCUT2D eigenvalue weighted by Gasteiger charge is -2.55. The summed E-state index contributed by atoms with van der Waals surface area (Å²) in [5.74, 6) is -0.989. The van der Waals surface area contributed by atoms with Crippen LogP contribution in [0.15, 0.2) is 22.8 Å². The van der Waals surface area contributed by atoms with E-state index in [1.165, 1.54) is 0 Å². The molecule has 0 radical (unpaired) electrons. The highest BCUT2D eigenvalue weighted by Crippen LogP contribution is 2.51. The number of hydrogen-bond donors (Lipinski definition) is 1. The third-order valence-electron chi connectivity index (χ3n) is 5.49. The van der Waals surface area contributed by atoms with Gasteiger partial charge in [-0.1, -0.05) is 0 Å². The largest absolute Gasteiger partial charge is 0.480 e. The Morgan fingerprint density at radius 1 is 1.21 bits per heavy atom. The Bertz CT molecular complexity index is 728. The van der Waals surface area contributed by atoms with E-state index in [1.807, 2.05) is 32.9 Å². The first-order chi connectivity index (χ1) is 13.0. The fourth-order valence-corrected chi connectivity index (χ4v) is 4.27. The molecule has 0 aromatic carbocycles. The second-order valence-electron chi connectivity index (χ2n) is 8.87. The molecule has 7 nitrogen and oxygen atoms in total. The van der Waals surface area contributed by atoms with E-state index in [2.05, 4.69) is 20.9 Å². The van der Waals surface area contributed by atoms with Gasteiger partial charge >= 0.3 is 12.1 Å². The summed E-state index contributed by atoms with van der Waals surface area (Å²) in [5, 5.41) is 9.09. The van der Waals surface area contributed by atoms with Crippen molar-refractivity contribution in [3.8, 4) is 0 Å². The van der Waals surface area contributed by atoms with Crippen LogP contribution >= 0.6 is 15.9 Å². The maximum Gasteiger partial charge on any atom is 0.410 e. The van der Waals surface area contributed by atoms with Crippen molar-refractivity contribution in [2.75, 3.05) is 19.7 Å². The molecule has 1 aliphatic carbocycles. The van der Waals surface area contributed by atoms with Gasteiger partial charge in [0.05, 0.1) is 5.69 Å². The van der Waals surface area contributed by atoms with Crippen LogP contribution in [0.4, 0.5) is 4.79 Å². The number of hydrogen-bond acceptors (Lipinski definition) is 5. The molecule has 0 bridgehead atoms. The molecule has 1 N–H and O–H groups in total. The molecule has 1 saturated heterocycles. The molecule has 2 fully saturated rings. The fraction of sp³-hybridized carbons (Fsp3) is 0.650. The van der Waals surface area contributed by atoms with Crippen molar-refractivity contribution in [1.29, 1.82) is 0 Å². The molecule has 1 aromatic heterocycles. The van der Waals surface area contributed by atoms with E-state index in [0.29, 0.717) is 25.9 Å². The van der Waals surface area contributed by atoms with Gasteiger partial charge in [0.25, 0.3) is 0 Å². The summed E-state index contributed by atoms with van der Waals surface area (Å²) < 4.78 is 12.2. The topological polar surface area (TPSA) is 89.0 Å². The second-order valence-corrected chi connectivity index (χ2v) is 9.79. The molecule has 2 heterocycles. The molecule has 8 heteroatoms. The highest BCUT2D eigenvalue weighted by Gasteiger charge is 2.52. The van der Waals surface area contributed by atoms with Crippen LogP contribution < -0.4 is 0 Å².